The lowest BCUT2D eigenvalue weighted by Gasteiger charge is -2.06. The van der Waals surface area contributed by atoms with Crippen molar-refractivity contribution in [2.45, 2.75) is 13.8 Å². The molecule has 3 nitrogen and oxygen atoms in total. The molecule has 0 saturated heterocycles. The zero-order valence-corrected chi connectivity index (χ0v) is 17.2. The molecule has 0 radical (unpaired) electrons. The highest BCUT2D eigenvalue weighted by Gasteiger charge is 2.21. The standard InChI is InChI=1S/C27H21N2O/c1-17-7-12-23-22-14-13-21(20-10-8-19(16-28)9-11-20)18(2)26(22)30-27(23)25(17)24-6-4-5-15-29(24)3/h4-15H,1-3H3/q+1. The van der Waals surface area contributed by atoms with Gasteiger partial charge in [0.2, 0.25) is 5.69 Å². The Balaban J connectivity index is 1.79. The average Bonchev–Trinajstić information content (AvgIpc) is 3.14. The number of rotatable bonds is 2. The second-order valence-corrected chi connectivity index (χ2v) is 7.74. The number of nitrogens with zero attached hydrogens (tertiary/aromatic N) is 2. The van der Waals surface area contributed by atoms with Crippen LogP contribution in [0.1, 0.15) is 16.7 Å². The third kappa shape index (κ3) is 2.69. The highest BCUT2D eigenvalue weighted by molar-refractivity contribution is 6.11. The SMILES string of the molecule is Cc1ccc2c(oc3c(C)c(-c4ccc(C#N)cc4)ccc32)c1-c1cccc[n+]1C. The summed E-state index contributed by atoms with van der Waals surface area (Å²) in [7, 11) is 2.06. The third-order valence-electron chi connectivity index (χ3n) is 5.90. The second kappa shape index (κ2) is 6.86. The second-order valence-electron chi connectivity index (χ2n) is 7.74. The number of pyridine rings is 1. The van der Waals surface area contributed by atoms with Gasteiger partial charge in [0.05, 0.1) is 17.2 Å². The molecule has 0 aliphatic carbocycles. The first-order valence-electron chi connectivity index (χ1n) is 9.99. The number of hydrogen-bond acceptors (Lipinski definition) is 2. The van der Waals surface area contributed by atoms with E-state index < -0.39 is 0 Å². The van der Waals surface area contributed by atoms with Crippen LogP contribution >= 0.6 is 0 Å². The number of hydrogen-bond donors (Lipinski definition) is 0. The average molecular weight is 389 g/mol. The smallest absolute Gasteiger partial charge is 0.216 e. The summed E-state index contributed by atoms with van der Waals surface area (Å²) < 4.78 is 8.67. The van der Waals surface area contributed by atoms with Crippen molar-refractivity contribution in [2.75, 3.05) is 0 Å². The maximum atomic E-state index is 9.07. The number of benzene rings is 3. The van der Waals surface area contributed by atoms with E-state index in [1.807, 2.05) is 30.3 Å². The van der Waals surface area contributed by atoms with Crippen LogP contribution in [0.5, 0.6) is 0 Å². The highest BCUT2D eigenvalue weighted by atomic mass is 16.3. The molecule has 30 heavy (non-hydrogen) atoms. The van der Waals surface area contributed by atoms with Gasteiger partial charge in [-0.2, -0.15) is 5.26 Å². The van der Waals surface area contributed by atoms with Crippen LogP contribution in [-0.2, 0) is 7.05 Å². The van der Waals surface area contributed by atoms with Crippen molar-refractivity contribution in [3.8, 4) is 28.5 Å². The highest BCUT2D eigenvalue weighted by Crippen LogP contribution is 2.40. The van der Waals surface area contributed by atoms with Crippen molar-refractivity contribution in [3.05, 3.63) is 89.6 Å². The molecule has 0 unspecified atom stereocenters. The van der Waals surface area contributed by atoms with E-state index in [4.69, 9.17) is 9.68 Å². The van der Waals surface area contributed by atoms with Crippen LogP contribution in [0.15, 0.2) is 77.3 Å². The lowest BCUT2D eigenvalue weighted by Crippen LogP contribution is -2.30. The maximum absolute atomic E-state index is 9.07. The first-order chi connectivity index (χ1) is 14.6. The van der Waals surface area contributed by atoms with E-state index in [9.17, 15) is 0 Å². The predicted molar refractivity (Wildman–Crippen MR) is 120 cm³/mol. The van der Waals surface area contributed by atoms with Crippen LogP contribution in [-0.4, -0.2) is 0 Å². The molecular formula is C27H21N2O+. The molecule has 3 aromatic carbocycles. The Morgan fingerprint density at radius 2 is 1.57 bits per heavy atom. The number of aryl methyl sites for hydroxylation is 3. The van der Waals surface area contributed by atoms with Crippen LogP contribution in [0.25, 0.3) is 44.3 Å². The first-order valence-corrected chi connectivity index (χ1v) is 9.99. The lowest BCUT2D eigenvalue weighted by atomic mass is 9.96. The number of aromatic nitrogens is 1. The number of fused-ring (bicyclic) bond motifs is 3. The summed E-state index contributed by atoms with van der Waals surface area (Å²) >= 11 is 0. The van der Waals surface area contributed by atoms with E-state index in [2.05, 4.69) is 74.1 Å². The fraction of sp³-hybridized carbons (Fsp3) is 0.111. The molecule has 0 aliphatic heterocycles. The summed E-state index contributed by atoms with van der Waals surface area (Å²) in [4.78, 5) is 0. The van der Waals surface area contributed by atoms with E-state index in [0.29, 0.717) is 5.56 Å². The fourth-order valence-electron chi connectivity index (χ4n) is 4.27. The van der Waals surface area contributed by atoms with Crippen molar-refractivity contribution in [1.82, 2.24) is 0 Å². The van der Waals surface area contributed by atoms with Gasteiger partial charge in [0.15, 0.2) is 6.20 Å². The van der Waals surface area contributed by atoms with Crippen LogP contribution < -0.4 is 4.57 Å². The van der Waals surface area contributed by atoms with Crippen LogP contribution in [0.2, 0.25) is 0 Å². The largest absolute Gasteiger partial charge is 0.455 e. The predicted octanol–water partition coefficient (Wildman–Crippen LogP) is 6.23. The minimum Gasteiger partial charge on any atom is -0.455 e. The van der Waals surface area contributed by atoms with Crippen LogP contribution in [0.3, 0.4) is 0 Å². The van der Waals surface area contributed by atoms with E-state index in [-0.39, 0.29) is 0 Å². The minimum atomic E-state index is 0.664. The van der Waals surface area contributed by atoms with Gasteiger partial charge in [0.25, 0.3) is 0 Å². The lowest BCUT2D eigenvalue weighted by molar-refractivity contribution is -0.660. The van der Waals surface area contributed by atoms with Gasteiger partial charge >= 0.3 is 0 Å². The molecule has 2 aromatic heterocycles. The minimum absolute atomic E-state index is 0.664. The summed E-state index contributed by atoms with van der Waals surface area (Å²) in [6, 6.07) is 24.7. The Morgan fingerprint density at radius 1 is 0.833 bits per heavy atom. The molecule has 0 bridgehead atoms. The van der Waals surface area contributed by atoms with Gasteiger partial charge in [-0.15, -0.1) is 0 Å². The molecule has 2 heterocycles. The summed E-state index contributed by atoms with van der Waals surface area (Å²) in [5.41, 5.74) is 9.26. The van der Waals surface area contributed by atoms with Crippen LogP contribution in [0, 0.1) is 25.2 Å². The summed E-state index contributed by atoms with van der Waals surface area (Å²) in [6.45, 7) is 4.23. The van der Waals surface area contributed by atoms with Gasteiger partial charge in [-0.1, -0.05) is 30.3 Å². The van der Waals surface area contributed by atoms with Gasteiger partial charge in [0, 0.05) is 28.5 Å². The van der Waals surface area contributed by atoms with Crippen molar-refractivity contribution >= 4 is 21.9 Å². The summed E-state index contributed by atoms with van der Waals surface area (Å²) in [6.07, 6.45) is 2.06. The molecule has 0 fully saturated rings. The molecule has 3 heteroatoms. The molecule has 0 N–H and O–H groups in total. The Hall–Kier alpha value is -3.90. The molecule has 0 saturated carbocycles. The zero-order valence-electron chi connectivity index (χ0n) is 17.2. The topological polar surface area (TPSA) is 40.8 Å². The van der Waals surface area contributed by atoms with Crippen LogP contribution in [0.4, 0.5) is 0 Å². The molecule has 0 amide bonds. The van der Waals surface area contributed by atoms with Gasteiger partial charge in [-0.25, -0.2) is 4.57 Å². The van der Waals surface area contributed by atoms with E-state index >= 15 is 0 Å². The molecule has 5 aromatic rings. The van der Waals surface area contributed by atoms with Crippen molar-refractivity contribution in [1.29, 1.82) is 5.26 Å². The van der Waals surface area contributed by atoms with Crippen molar-refractivity contribution in [2.24, 2.45) is 7.05 Å². The monoisotopic (exact) mass is 389 g/mol. The first kappa shape index (κ1) is 18.1. The quantitative estimate of drug-likeness (QED) is 0.336. The summed E-state index contributed by atoms with van der Waals surface area (Å²) in [5, 5.41) is 11.3. The van der Waals surface area contributed by atoms with E-state index in [1.54, 1.807) is 0 Å². The molecule has 0 spiro atoms. The molecular weight excluding hydrogens is 368 g/mol. The zero-order chi connectivity index (χ0) is 20.8. The fourth-order valence-corrected chi connectivity index (χ4v) is 4.27. The molecule has 5 rings (SSSR count). The third-order valence-corrected chi connectivity index (χ3v) is 5.90. The Bertz CT molecular complexity index is 1470. The van der Waals surface area contributed by atoms with E-state index in [0.717, 1.165) is 49.9 Å². The molecule has 0 atom stereocenters. The van der Waals surface area contributed by atoms with Gasteiger partial charge in [-0.3, -0.25) is 0 Å². The number of furan rings is 1. The Morgan fingerprint density at radius 3 is 2.30 bits per heavy atom. The normalized spacial score (nSPS) is 11.1. The van der Waals surface area contributed by atoms with Gasteiger partial charge in [0.1, 0.15) is 18.2 Å². The maximum Gasteiger partial charge on any atom is 0.216 e. The van der Waals surface area contributed by atoms with Gasteiger partial charge < -0.3 is 4.42 Å². The van der Waals surface area contributed by atoms with E-state index in [1.165, 1.54) is 5.56 Å². The molecule has 144 valence electrons. The summed E-state index contributed by atoms with van der Waals surface area (Å²) in [5.74, 6) is 0. The van der Waals surface area contributed by atoms with Gasteiger partial charge in [-0.05, 0) is 54.8 Å². The Kier molecular flexibility index (Phi) is 4.15. The molecule has 0 aliphatic rings. The number of nitriles is 1. The van der Waals surface area contributed by atoms with Crippen molar-refractivity contribution in [3.63, 3.8) is 0 Å². The Labute approximate surface area is 175 Å². The van der Waals surface area contributed by atoms with Crippen molar-refractivity contribution < 1.29 is 8.98 Å².